The summed E-state index contributed by atoms with van der Waals surface area (Å²) < 4.78 is 44.0. The van der Waals surface area contributed by atoms with Crippen molar-refractivity contribution < 1.29 is 17.9 Å². The third-order valence-electron chi connectivity index (χ3n) is 2.59. The van der Waals surface area contributed by atoms with Crippen LogP contribution in [-0.4, -0.2) is 13.2 Å². The molecule has 1 rings (SSSR count). The summed E-state index contributed by atoms with van der Waals surface area (Å²) in [5.74, 6) is 0.289. The molecule has 1 aromatic carbocycles. The molecular weight excluding hydrogens is 267 g/mol. The molecule has 2 nitrogen and oxygen atoms in total. The number of hydrogen-bond acceptors (Lipinski definition) is 2. The number of benzene rings is 1. The summed E-state index contributed by atoms with van der Waals surface area (Å²) >= 11 is 0. The van der Waals surface area contributed by atoms with E-state index >= 15 is 0 Å². The Bertz CT molecular complexity index is 441. The molecule has 0 amide bonds. The van der Waals surface area contributed by atoms with Gasteiger partial charge >= 0.3 is 6.18 Å². The zero-order valence-corrected chi connectivity index (χ0v) is 11.8. The highest BCUT2D eigenvalue weighted by Gasteiger charge is 2.34. The Morgan fingerprint density at radius 1 is 1.35 bits per heavy atom. The summed E-state index contributed by atoms with van der Waals surface area (Å²) in [7, 11) is 0. The second-order valence-electron chi connectivity index (χ2n) is 4.95. The van der Waals surface area contributed by atoms with Gasteiger partial charge in [-0.15, -0.1) is 0 Å². The van der Waals surface area contributed by atoms with Gasteiger partial charge in [-0.3, -0.25) is 0 Å². The zero-order valence-electron chi connectivity index (χ0n) is 11.8. The van der Waals surface area contributed by atoms with Crippen LogP contribution in [-0.2, 0) is 12.7 Å². The standard InChI is InChI=1S/C15H20F3NO/c1-4-7-20-14-6-5-12(10-19-9-11(2)3)8-13(14)15(16,17)18/h4-6,8,11,19H,1,7,9-10H2,2-3H3. The van der Waals surface area contributed by atoms with Crippen LogP contribution in [0.5, 0.6) is 5.75 Å². The summed E-state index contributed by atoms with van der Waals surface area (Å²) in [6, 6.07) is 4.13. The summed E-state index contributed by atoms with van der Waals surface area (Å²) in [5, 5.41) is 3.12. The van der Waals surface area contributed by atoms with Gasteiger partial charge in [0.25, 0.3) is 0 Å². The second kappa shape index (κ2) is 7.33. The normalized spacial score (nSPS) is 11.7. The lowest BCUT2D eigenvalue weighted by Crippen LogP contribution is -2.19. The lowest BCUT2D eigenvalue weighted by atomic mass is 10.1. The smallest absolute Gasteiger partial charge is 0.419 e. The Kier molecular flexibility index (Phi) is 6.07. The zero-order chi connectivity index (χ0) is 15.2. The summed E-state index contributed by atoms with van der Waals surface area (Å²) in [6.07, 6.45) is -3.01. The van der Waals surface area contributed by atoms with Gasteiger partial charge < -0.3 is 10.1 Å². The quantitative estimate of drug-likeness (QED) is 0.765. The largest absolute Gasteiger partial charge is 0.489 e. The minimum Gasteiger partial charge on any atom is -0.489 e. The van der Waals surface area contributed by atoms with Crippen molar-refractivity contribution in [2.45, 2.75) is 26.6 Å². The Morgan fingerprint density at radius 2 is 2.05 bits per heavy atom. The Hall–Kier alpha value is -1.49. The molecule has 0 aliphatic carbocycles. The first-order chi connectivity index (χ1) is 9.34. The van der Waals surface area contributed by atoms with Crippen molar-refractivity contribution in [3.63, 3.8) is 0 Å². The highest BCUT2D eigenvalue weighted by atomic mass is 19.4. The first-order valence-electron chi connectivity index (χ1n) is 6.49. The van der Waals surface area contributed by atoms with Gasteiger partial charge in [0.1, 0.15) is 12.4 Å². The molecule has 20 heavy (non-hydrogen) atoms. The molecule has 0 spiro atoms. The third kappa shape index (κ3) is 5.25. The number of halogens is 3. The number of ether oxygens (including phenoxy) is 1. The van der Waals surface area contributed by atoms with Crippen molar-refractivity contribution in [1.82, 2.24) is 5.32 Å². The Labute approximate surface area is 117 Å². The molecule has 0 aromatic heterocycles. The molecule has 0 aliphatic rings. The fourth-order valence-electron chi connectivity index (χ4n) is 1.69. The maximum Gasteiger partial charge on any atom is 0.419 e. The third-order valence-corrected chi connectivity index (χ3v) is 2.59. The lowest BCUT2D eigenvalue weighted by Gasteiger charge is -2.15. The monoisotopic (exact) mass is 287 g/mol. The highest BCUT2D eigenvalue weighted by molar-refractivity contribution is 5.39. The number of alkyl halides is 3. The molecule has 0 aliphatic heterocycles. The van der Waals surface area contributed by atoms with Gasteiger partial charge in [0, 0.05) is 6.54 Å². The minimum atomic E-state index is -4.43. The van der Waals surface area contributed by atoms with E-state index in [4.69, 9.17) is 4.74 Å². The summed E-state index contributed by atoms with van der Waals surface area (Å²) in [6.45, 7) is 8.73. The fraction of sp³-hybridized carbons (Fsp3) is 0.467. The van der Waals surface area contributed by atoms with E-state index < -0.39 is 11.7 Å². The van der Waals surface area contributed by atoms with E-state index in [-0.39, 0.29) is 12.4 Å². The molecule has 0 unspecified atom stereocenters. The van der Waals surface area contributed by atoms with Gasteiger partial charge in [-0.1, -0.05) is 32.6 Å². The average Bonchev–Trinajstić information content (AvgIpc) is 2.35. The van der Waals surface area contributed by atoms with E-state index in [9.17, 15) is 13.2 Å². The number of nitrogens with one attached hydrogen (secondary N) is 1. The van der Waals surface area contributed by atoms with E-state index in [0.29, 0.717) is 18.0 Å². The van der Waals surface area contributed by atoms with Crippen molar-refractivity contribution >= 4 is 0 Å². The Morgan fingerprint density at radius 3 is 2.60 bits per heavy atom. The molecular formula is C15H20F3NO. The van der Waals surface area contributed by atoms with Crippen molar-refractivity contribution in [3.05, 3.63) is 42.0 Å². The molecule has 1 aromatic rings. The van der Waals surface area contributed by atoms with Gasteiger partial charge in [0.15, 0.2) is 0 Å². The van der Waals surface area contributed by atoms with E-state index in [1.165, 1.54) is 12.1 Å². The van der Waals surface area contributed by atoms with Crippen molar-refractivity contribution in [2.75, 3.05) is 13.2 Å². The first-order valence-corrected chi connectivity index (χ1v) is 6.49. The molecule has 0 bridgehead atoms. The maximum atomic E-state index is 13.0. The van der Waals surface area contributed by atoms with Crippen molar-refractivity contribution in [3.8, 4) is 5.75 Å². The first kappa shape index (κ1) is 16.6. The SMILES string of the molecule is C=CCOc1ccc(CNCC(C)C)cc1C(F)(F)F. The fourth-order valence-corrected chi connectivity index (χ4v) is 1.69. The molecule has 0 heterocycles. The van der Waals surface area contributed by atoms with E-state index in [2.05, 4.69) is 11.9 Å². The lowest BCUT2D eigenvalue weighted by molar-refractivity contribution is -0.138. The number of hydrogen-bond donors (Lipinski definition) is 1. The molecule has 112 valence electrons. The van der Waals surface area contributed by atoms with Crippen molar-refractivity contribution in [1.29, 1.82) is 0 Å². The predicted octanol–water partition coefficient (Wildman–Crippen LogP) is 4.02. The molecule has 5 heteroatoms. The van der Waals surface area contributed by atoms with Crippen LogP contribution in [0.2, 0.25) is 0 Å². The van der Waals surface area contributed by atoms with Crippen LogP contribution in [0.4, 0.5) is 13.2 Å². The number of rotatable bonds is 7. The molecule has 0 radical (unpaired) electrons. The second-order valence-corrected chi connectivity index (χ2v) is 4.95. The highest BCUT2D eigenvalue weighted by Crippen LogP contribution is 2.36. The molecule has 0 saturated heterocycles. The van der Waals surface area contributed by atoms with Crippen molar-refractivity contribution in [2.24, 2.45) is 5.92 Å². The maximum absolute atomic E-state index is 13.0. The van der Waals surface area contributed by atoms with Crippen LogP contribution in [0.3, 0.4) is 0 Å². The van der Waals surface area contributed by atoms with E-state index in [0.717, 1.165) is 12.6 Å². The van der Waals surface area contributed by atoms with Crippen LogP contribution < -0.4 is 10.1 Å². The minimum absolute atomic E-state index is 0.0496. The van der Waals surface area contributed by atoms with Gasteiger partial charge in [-0.05, 0) is 30.2 Å². The van der Waals surface area contributed by atoms with Crippen LogP contribution in [0.15, 0.2) is 30.9 Å². The van der Waals surface area contributed by atoms with Crippen LogP contribution in [0.1, 0.15) is 25.0 Å². The molecule has 0 saturated carbocycles. The Balaban J connectivity index is 2.87. The molecule has 1 N–H and O–H groups in total. The molecule has 0 fully saturated rings. The van der Waals surface area contributed by atoms with E-state index in [1.807, 2.05) is 13.8 Å². The topological polar surface area (TPSA) is 21.3 Å². The van der Waals surface area contributed by atoms with E-state index in [1.54, 1.807) is 6.07 Å². The summed E-state index contributed by atoms with van der Waals surface area (Å²) in [4.78, 5) is 0. The average molecular weight is 287 g/mol. The van der Waals surface area contributed by atoms with Gasteiger partial charge in [-0.2, -0.15) is 13.2 Å². The molecule has 0 atom stereocenters. The van der Waals surface area contributed by atoms with Gasteiger partial charge in [0.05, 0.1) is 5.56 Å². The van der Waals surface area contributed by atoms with Crippen LogP contribution in [0.25, 0.3) is 0 Å². The van der Waals surface area contributed by atoms with Crippen LogP contribution in [0, 0.1) is 5.92 Å². The van der Waals surface area contributed by atoms with Gasteiger partial charge in [-0.25, -0.2) is 0 Å². The predicted molar refractivity (Wildman–Crippen MR) is 73.7 cm³/mol. The van der Waals surface area contributed by atoms with Gasteiger partial charge in [0.2, 0.25) is 0 Å². The summed E-state index contributed by atoms with van der Waals surface area (Å²) in [5.41, 5.74) is -0.160. The van der Waals surface area contributed by atoms with Crippen LogP contribution >= 0.6 is 0 Å².